The molecular formula is C13H19ClFN. The molecule has 0 saturated heterocycles. The maximum atomic E-state index is 13.3. The summed E-state index contributed by atoms with van der Waals surface area (Å²) in [4.78, 5) is 0. The Morgan fingerprint density at radius 1 is 1.38 bits per heavy atom. The molecule has 90 valence electrons. The monoisotopic (exact) mass is 243 g/mol. The van der Waals surface area contributed by atoms with Crippen LogP contribution in [0, 0.1) is 11.7 Å². The number of rotatable bonds is 6. The van der Waals surface area contributed by atoms with Gasteiger partial charge in [0.1, 0.15) is 5.82 Å². The summed E-state index contributed by atoms with van der Waals surface area (Å²) >= 11 is 5.80. The summed E-state index contributed by atoms with van der Waals surface area (Å²) in [6.07, 6.45) is 2.32. The lowest BCUT2D eigenvalue weighted by Gasteiger charge is -2.07. The largest absolute Gasteiger partial charge is 0.313 e. The van der Waals surface area contributed by atoms with Crippen LogP contribution < -0.4 is 5.32 Å². The molecular weight excluding hydrogens is 225 g/mol. The van der Waals surface area contributed by atoms with Gasteiger partial charge in [-0.05, 0) is 43.5 Å². The molecule has 0 bridgehead atoms. The molecule has 0 aliphatic rings. The van der Waals surface area contributed by atoms with Gasteiger partial charge in [0, 0.05) is 17.1 Å². The van der Waals surface area contributed by atoms with Crippen molar-refractivity contribution in [2.75, 3.05) is 6.54 Å². The predicted molar refractivity (Wildman–Crippen MR) is 67.2 cm³/mol. The second-order valence-corrected chi connectivity index (χ2v) is 4.89. The van der Waals surface area contributed by atoms with Gasteiger partial charge >= 0.3 is 0 Å². The summed E-state index contributed by atoms with van der Waals surface area (Å²) in [6, 6.07) is 4.65. The number of nitrogens with one attached hydrogen (secondary N) is 1. The number of hydrogen-bond acceptors (Lipinski definition) is 1. The first-order valence-corrected chi connectivity index (χ1v) is 6.12. The number of halogens is 2. The van der Waals surface area contributed by atoms with E-state index in [2.05, 4.69) is 19.2 Å². The standard InChI is InChI=1S/C13H19ClFN/c1-10(2)4-3-7-16-9-11-8-12(14)5-6-13(11)15/h5-6,8,10,16H,3-4,7,9H2,1-2H3. The minimum absolute atomic E-state index is 0.194. The molecule has 0 spiro atoms. The van der Waals surface area contributed by atoms with Gasteiger partial charge in [0.25, 0.3) is 0 Å². The Balaban J connectivity index is 2.29. The third-order valence-corrected chi connectivity index (χ3v) is 2.69. The Morgan fingerprint density at radius 3 is 2.81 bits per heavy atom. The fourth-order valence-corrected chi connectivity index (χ4v) is 1.73. The Hall–Kier alpha value is -0.600. The van der Waals surface area contributed by atoms with Crippen LogP contribution in [0.5, 0.6) is 0 Å². The summed E-state index contributed by atoms with van der Waals surface area (Å²) in [5, 5.41) is 3.81. The van der Waals surface area contributed by atoms with E-state index in [4.69, 9.17) is 11.6 Å². The van der Waals surface area contributed by atoms with Crippen molar-refractivity contribution in [1.82, 2.24) is 5.32 Å². The van der Waals surface area contributed by atoms with Gasteiger partial charge in [-0.1, -0.05) is 25.4 Å². The van der Waals surface area contributed by atoms with E-state index < -0.39 is 0 Å². The molecule has 0 aliphatic heterocycles. The van der Waals surface area contributed by atoms with E-state index >= 15 is 0 Å². The maximum Gasteiger partial charge on any atom is 0.127 e. The summed E-state index contributed by atoms with van der Waals surface area (Å²) in [5.41, 5.74) is 0.636. The maximum absolute atomic E-state index is 13.3. The molecule has 3 heteroatoms. The van der Waals surface area contributed by atoms with Crippen molar-refractivity contribution < 1.29 is 4.39 Å². The molecule has 1 nitrogen and oxygen atoms in total. The lowest BCUT2D eigenvalue weighted by Crippen LogP contribution is -2.16. The second-order valence-electron chi connectivity index (χ2n) is 4.45. The molecule has 0 aliphatic carbocycles. The topological polar surface area (TPSA) is 12.0 Å². The van der Waals surface area contributed by atoms with Crippen LogP contribution in [-0.2, 0) is 6.54 Å². The highest BCUT2D eigenvalue weighted by Crippen LogP contribution is 2.14. The SMILES string of the molecule is CC(C)CCCNCc1cc(Cl)ccc1F. The van der Waals surface area contributed by atoms with Crippen LogP contribution in [0.1, 0.15) is 32.3 Å². The quantitative estimate of drug-likeness (QED) is 0.745. The molecule has 1 rings (SSSR count). The molecule has 0 unspecified atom stereocenters. The number of hydrogen-bond donors (Lipinski definition) is 1. The van der Waals surface area contributed by atoms with Crippen molar-refractivity contribution in [1.29, 1.82) is 0 Å². The normalized spacial score (nSPS) is 11.1. The van der Waals surface area contributed by atoms with E-state index in [0.29, 0.717) is 17.1 Å². The van der Waals surface area contributed by atoms with Crippen LogP contribution in [0.3, 0.4) is 0 Å². The lowest BCUT2D eigenvalue weighted by atomic mass is 10.1. The van der Waals surface area contributed by atoms with Gasteiger partial charge in [0.15, 0.2) is 0 Å². The van der Waals surface area contributed by atoms with Crippen LogP contribution in [0.4, 0.5) is 4.39 Å². The van der Waals surface area contributed by atoms with Crippen LogP contribution in [0.25, 0.3) is 0 Å². The fourth-order valence-electron chi connectivity index (χ4n) is 1.54. The molecule has 0 atom stereocenters. The Kier molecular flexibility index (Phi) is 5.78. The van der Waals surface area contributed by atoms with Gasteiger partial charge < -0.3 is 5.32 Å². The van der Waals surface area contributed by atoms with Crippen molar-refractivity contribution in [3.63, 3.8) is 0 Å². The van der Waals surface area contributed by atoms with Gasteiger partial charge in [-0.3, -0.25) is 0 Å². The summed E-state index contributed by atoms with van der Waals surface area (Å²) in [5.74, 6) is 0.533. The zero-order valence-corrected chi connectivity index (χ0v) is 10.6. The van der Waals surface area contributed by atoms with E-state index in [1.807, 2.05) is 0 Å². The molecule has 1 aromatic carbocycles. The third kappa shape index (κ3) is 4.95. The first kappa shape index (κ1) is 13.5. The van der Waals surface area contributed by atoms with E-state index in [-0.39, 0.29) is 5.82 Å². The highest BCUT2D eigenvalue weighted by Gasteiger charge is 2.02. The minimum Gasteiger partial charge on any atom is -0.313 e. The third-order valence-electron chi connectivity index (χ3n) is 2.46. The average molecular weight is 244 g/mol. The summed E-state index contributed by atoms with van der Waals surface area (Å²) < 4.78 is 13.3. The van der Waals surface area contributed by atoms with Crippen LogP contribution in [0.15, 0.2) is 18.2 Å². The first-order chi connectivity index (χ1) is 7.59. The Bertz CT molecular complexity index is 326. The van der Waals surface area contributed by atoms with Crippen molar-refractivity contribution in [2.45, 2.75) is 33.2 Å². The highest BCUT2D eigenvalue weighted by molar-refractivity contribution is 6.30. The fraction of sp³-hybridized carbons (Fsp3) is 0.538. The van der Waals surface area contributed by atoms with Crippen molar-refractivity contribution in [3.05, 3.63) is 34.6 Å². The molecule has 16 heavy (non-hydrogen) atoms. The van der Waals surface area contributed by atoms with Gasteiger partial charge in [0.2, 0.25) is 0 Å². The van der Waals surface area contributed by atoms with E-state index in [1.165, 1.54) is 12.5 Å². The second kappa shape index (κ2) is 6.87. The van der Waals surface area contributed by atoms with Gasteiger partial charge in [-0.25, -0.2) is 4.39 Å². The predicted octanol–water partition coefficient (Wildman–Crippen LogP) is 4.00. The van der Waals surface area contributed by atoms with E-state index in [9.17, 15) is 4.39 Å². The van der Waals surface area contributed by atoms with Crippen molar-refractivity contribution in [2.24, 2.45) is 5.92 Å². The molecule has 0 saturated carbocycles. The van der Waals surface area contributed by atoms with Gasteiger partial charge in [0.05, 0.1) is 0 Å². The van der Waals surface area contributed by atoms with Crippen LogP contribution in [0.2, 0.25) is 5.02 Å². The van der Waals surface area contributed by atoms with Gasteiger partial charge in [-0.2, -0.15) is 0 Å². The van der Waals surface area contributed by atoms with Gasteiger partial charge in [-0.15, -0.1) is 0 Å². The molecule has 0 radical (unpaired) electrons. The lowest BCUT2D eigenvalue weighted by molar-refractivity contribution is 0.521. The van der Waals surface area contributed by atoms with Crippen LogP contribution in [-0.4, -0.2) is 6.54 Å². The molecule has 1 aromatic rings. The molecule has 0 amide bonds. The average Bonchev–Trinajstić information content (AvgIpc) is 2.22. The van der Waals surface area contributed by atoms with Crippen molar-refractivity contribution in [3.8, 4) is 0 Å². The van der Waals surface area contributed by atoms with Crippen molar-refractivity contribution >= 4 is 11.6 Å². The van der Waals surface area contributed by atoms with E-state index in [1.54, 1.807) is 12.1 Å². The zero-order chi connectivity index (χ0) is 12.0. The molecule has 1 N–H and O–H groups in total. The molecule has 0 fully saturated rings. The highest BCUT2D eigenvalue weighted by atomic mass is 35.5. The first-order valence-electron chi connectivity index (χ1n) is 5.74. The number of benzene rings is 1. The summed E-state index contributed by atoms with van der Waals surface area (Å²) in [6.45, 7) is 5.88. The molecule has 0 aromatic heterocycles. The van der Waals surface area contributed by atoms with Crippen LogP contribution >= 0.6 is 11.6 Å². The minimum atomic E-state index is -0.194. The summed E-state index contributed by atoms with van der Waals surface area (Å²) in [7, 11) is 0. The zero-order valence-electron chi connectivity index (χ0n) is 9.89. The molecule has 0 heterocycles. The van der Waals surface area contributed by atoms with E-state index in [0.717, 1.165) is 18.9 Å². The Labute approximate surface area is 102 Å². The Morgan fingerprint density at radius 2 is 2.12 bits per heavy atom. The smallest absolute Gasteiger partial charge is 0.127 e.